The van der Waals surface area contributed by atoms with Crippen LogP contribution in [-0.4, -0.2) is 62.9 Å². The Hall–Kier alpha value is -5.88. The fourth-order valence-electron chi connectivity index (χ4n) is 6.63. The highest BCUT2D eigenvalue weighted by Crippen LogP contribution is 2.42. The van der Waals surface area contributed by atoms with Gasteiger partial charge in [0.1, 0.15) is 36.6 Å². The van der Waals surface area contributed by atoms with Crippen molar-refractivity contribution >= 4 is 0 Å². The Morgan fingerprint density at radius 1 is 0.509 bits per heavy atom. The van der Waals surface area contributed by atoms with E-state index in [4.69, 9.17) is 18.9 Å². The molecule has 0 aliphatic heterocycles. The van der Waals surface area contributed by atoms with Gasteiger partial charge in [-0.1, -0.05) is 111 Å². The highest BCUT2D eigenvalue weighted by Gasteiger charge is 2.29. The summed E-state index contributed by atoms with van der Waals surface area (Å²) in [5.74, 6) is 1.07. The number of para-hydroxylation sites is 2. The lowest BCUT2D eigenvalue weighted by molar-refractivity contribution is -0.0497. The Bertz CT molecular complexity index is 2200. The summed E-state index contributed by atoms with van der Waals surface area (Å²) in [7, 11) is 0. The number of ether oxygens (including phenoxy) is 4. The molecule has 57 heavy (non-hydrogen) atoms. The number of rotatable bonds is 18. The lowest BCUT2D eigenvalue weighted by Crippen LogP contribution is -2.26. The van der Waals surface area contributed by atoms with Crippen molar-refractivity contribution in [2.75, 3.05) is 19.8 Å². The number of phenolic OH excluding ortho intramolecular Hbond substituents is 1. The summed E-state index contributed by atoms with van der Waals surface area (Å²) in [6, 6.07) is 41.1. The minimum Gasteiger partial charge on any atom is -0.504 e. The molecule has 2 unspecified atom stereocenters. The second-order valence-corrected chi connectivity index (χ2v) is 14.1. The van der Waals surface area contributed by atoms with Crippen LogP contribution in [0.3, 0.4) is 0 Å². The minimum atomic E-state index is -1.44. The lowest BCUT2D eigenvalue weighted by Gasteiger charge is -2.30. The maximum Gasteiger partial charge on any atom is 0.231 e. The second kappa shape index (κ2) is 18.8. The number of benzene rings is 6. The van der Waals surface area contributed by atoms with Crippen molar-refractivity contribution in [1.29, 1.82) is 0 Å². The average Bonchev–Trinajstić information content (AvgIpc) is 3.24. The molecule has 0 saturated heterocycles. The predicted octanol–water partition coefficient (Wildman–Crippen LogP) is 7.12. The van der Waals surface area contributed by atoms with E-state index in [2.05, 4.69) is 0 Å². The molecule has 6 N–H and O–H groups in total. The van der Waals surface area contributed by atoms with Gasteiger partial charge in [-0.25, -0.2) is 0 Å². The molecule has 0 amide bonds. The monoisotopic (exact) mass is 772 g/mol. The van der Waals surface area contributed by atoms with Crippen molar-refractivity contribution < 1.29 is 49.6 Å². The maximum atomic E-state index is 11.2. The number of aliphatic hydroxyl groups excluding tert-OH is 5. The predicted molar refractivity (Wildman–Crippen MR) is 217 cm³/mol. The van der Waals surface area contributed by atoms with Gasteiger partial charge in [-0.15, -0.1) is 0 Å². The van der Waals surface area contributed by atoms with Crippen LogP contribution in [0.1, 0.15) is 41.7 Å². The second-order valence-electron chi connectivity index (χ2n) is 14.1. The fourth-order valence-corrected chi connectivity index (χ4v) is 6.63. The normalized spacial score (nSPS) is 12.5. The summed E-state index contributed by atoms with van der Waals surface area (Å²) in [5.41, 5.74) is 5.02. The molecule has 6 aromatic carbocycles. The molecule has 0 heterocycles. The largest absolute Gasteiger partial charge is 0.504 e. The quantitative estimate of drug-likeness (QED) is 0.0497. The van der Waals surface area contributed by atoms with E-state index >= 15 is 0 Å². The summed E-state index contributed by atoms with van der Waals surface area (Å²) >= 11 is 0. The molecule has 10 nitrogen and oxygen atoms in total. The molecule has 296 valence electrons. The van der Waals surface area contributed by atoms with E-state index in [-0.39, 0.29) is 37.1 Å². The molecule has 0 bridgehead atoms. The van der Waals surface area contributed by atoms with Crippen LogP contribution in [0, 0.1) is 0 Å². The average molecular weight is 773 g/mol. The molecule has 0 fully saturated rings. The summed E-state index contributed by atoms with van der Waals surface area (Å²) in [4.78, 5) is 0. The zero-order valence-electron chi connectivity index (χ0n) is 31.9. The van der Waals surface area contributed by atoms with Crippen LogP contribution in [0.25, 0.3) is 22.3 Å². The fraction of sp³-hybridized carbons (Fsp3) is 0.234. The molecule has 6 rings (SSSR count). The van der Waals surface area contributed by atoms with Crippen LogP contribution in [0.4, 0.5) is 0 Å². The van der Waals surface area contributed by atoms with E-state index in [1.807, 2.05) is 117 Å². The van der Waals surface area contributed by atoms with Gasteiger partial charge in [0, 0.05) is 33.2 Å². The van der Waals surface area contributed by atoms with Gasteiger partial charge < -0.3 is 49.6 Å². The highest BCUT2D eigenvalue weighted by atomic mass is 16.6. The van der Waals surface area contributed by atoms with Crippen molar-refractivity contribution in [3.8, 4) is 51.0 Å². The molecular formula is C47H48O10. The molecule has 2 atom stereocenters. The van der Waals surface area contributed by atoms with Crippen molar-refractivity contribution in [2.45, 2.75) is 51.5 Å². The molecule has 0 aromatic heterocycles. The van der Waals surface area contributed by atoms with Crippen molar-refractivity contribution in [2.24, 2.45) is 0 Å². The molecule has 0 spiro atoms. The summed E-state index contributed by atoms with van der Waals surface area (Å²) < 4.78 is 23.6. The van der Waals surface area contributed by atoms with E-state index in [9.17, 15) is 30.6 Å². The molecule has 10 heteroatoms. The summed E-state index contributed by atoms with van der Waals surface area (Å²) in [6.07, 6.45) is -2.49. The lowest BCUT2D eigenvalue weighted by atomic mass is 9.76. The van der Waals surface area contributed by atoms with Crippen LogP contribution >= 0.6 is 0 Å². The summed E-state index contributed by atoms with van der Waals surface area (Å²) in [6.45, 7) is 1.89. The molecular weight excluding hydrogens is 725 g/mol. The minimum absolute atomic E-state index is 0.0271. The number of aromatic hydroxyl groups is 1. The van der Waals surface area contributed by atoms with Gasteiger partial charge in [0.15, 0.2) is 18.1 Å². The van der Waals surface area contributed by atoms with Gasteiger partial charge in [0.25, 0.3) is 0 Å². The first-order chi connectivity index (χ1) is 27.6. The third-order valence-electron chi connectivity index (χ3n) is 9.77. The van der Waals surface area contributed by atoms with Crippen molar-refractivity contribution in [1.82, 2.24) is 0 Å². The van der Waals surface area contributed by atoms with Gasteiger partial charge in [0.2, 0.25) is 6.29 Å². The van der Waals surface area contributed by atoms with Crippen LogP contribution < -0.4 is 18.9 Å². The zero-order chi connectivity index (χ0) is 40.4. The third-order valence-corrected chi connectivity index (χ3v) is 9.77. The maximum absolute atomic E-state index is 11.2. The third kappa shape index (κ3) is 9.75. The molecule has 0 aliphatic carbocycles. The molecule has 0 saturated carbocycles. The van der Waals surface area contributed by atoms with Gasteiger partial charge in [-0.2, -0.15) is 0 Å². The van der Waals surface area contributed by atoms with Crippen molar-refractivity contribution in [3.63, 3.8) is 0 Å². The van der Waals surface area contributed by atoms with Crippen LogP contribution in [0.2, 0.25) is 0 Å². The van der Waals surface area contributed by atoms with Crippen LogP contribution in [0.5, 0.6) is 28.7 Å². The van der Waals surface area contributed by atoms with Gasteiger partial charge in [-0.05, 0) is 58.7 Å². The Morgan fingerprint density at radius 2 is 0.930 bits per heavy atom. The Balaban J connectivity index is 1.14. The summed E-state index contributed by atoms with van der Waals surface area (Å²) in [5, 5.41) is 64.0. The van der Waals surface area contributed by atoms with Crippen molar-refractivity contribution in [3.05, 3.63) is 161 Å². The van der Waals surface area contributed by atoms with Gasteiger partial charge in [-0.3, -0.25) is 0 Å². The molecule has 6 aromatic rings. The van der Waals surface area contributed by atoms with Gasteiger partial charge >= 0.3 is 0 Å². The van der Waals surface area contributed by atoms with Crippen LogP contribution in [0.15, 0.2) is 133 Å². The Labute approximate surface area is 332 Å². The van der Waals surface area contributed by atoms with Crippen LogP contribution in [-0.2, 0) is 25.2 Å². The number of aliphatic hydroxyl groups is 5. The SMILES string of the molecule is CC(C)(c1cc(O)c(OCC(O)COc2ccccc2-c2ccccc2)c(CO)c1)c1cc(CO)c(OC(O)COc2ccccc2-c2ccccc2)c(CO)c1. The topological polar surface area (TPSA) is 158 Å². The van der Waals surface area contributed by atoms with E-state index in [1.54, 1.807) is 24.3 Å². The number of hydrogen-bond donors (Lipinski definition) is 6. The Morgan fingerprint density at radius 3 is 1.44 bits per heavy atom. The number of hydrogen-bond acceptors (Lipinski definition) is 10. The first-order valence-electron chi connectivity index (χ1n) is 18.7. The van der Waals surface area contributed by atoms with E-state index < -0.39 is 37.6 Å². The zero-order valence-corrected chi connectivity index (χ0v) is 31.9. The Kier molecular flexibility index (Phi) is 13.5. The van der Waals surface area contributed by atoms with E-state index in [1.165, 1.54) is 6.07 Å². The first-order valence-corrected chi connectivity index (χ1v) is 18.7. The first kappa shape index (κ1) is 40.8. The standard InChI is InChI=1S/C47H48O10/c1-47(2,36-21-33(25-48)45(34(22-36)26-49)57-44(53)30-55-43-20-12-10-18-40(43)32-15-7-4-8-16-32)37-23-35(27-50)46(41(52)24-37)56-29-38(51)28-54-42-19-11-9-17-39(42)31-13-5-3-6-14-31/h3-24,38,44,48-53H,25-30H2,1-2H3. The van der Waals surface area contributed by atoms with E-state index in [0.29, 0.717) is 39.3 Å². The smallest absolute Gasteiger partial charge is 0.231 e. The van der Waals surface area contributed by atoms with Gasteiger partial charge in [0.05, 0.1) is 19.8 Å². The molecule has 0 aliphatic rings. The molecule has 0 radical (unpaired) electrons. The number of phenols is 1. The van der Waals surface area contributed by atoms with E-state index in [0.717, 1.165) is 22.3 Å². The highest BCUT2D eigenvalue weighted by molar-refractivity contribution is 5.71.